The third-order valence-corrected chi connectivity index (χ3v) is 5.84. The Morgan fingerprint density at radius 2 is 1.55 bits per heavy atom. The number of methoxy groups -OCH3 is 1. The lowest BCUT2D eigenvalue weighted by molar-refractivity contribution is -0.126. The number of hydroxylamine groups is 1. The van der Waals surface area contributed by atoms with Crippen LogP contribution in [0, 0.1) is 12.8 Å². The van der Waals surface area contributed by atoms with Gasteiger partial charge < -0.3 is 4.74 Å². The van der Waals surface area contributed by atoms with Gasteiger partial charge in [-0.3, -0.25) is 14.4 Å². The molecule has 2 fully saturated rings. The van der Waals surface area contributed by atoms with Crippen molar-refractivity contribution in [2.75, 3.05) is 17.1 Å². The van der Waals surface area contributed by atoms with Crippen LogP contribution in [0.4, 0.5) is 11.4 Å². The summed E-state index contributed by atoms with van der Waals surface area (Å²) < 4.78 is 5.59. The van der Waals surface area contributed by atoms with Gasteiger partial charge in [-0.15, -0.1) is 0 Å². The number of amides is 2. The van der Waals surface area contributed by atoms with Gasteiger partial charge in [-0.2, -0.15) is 0 Å². The van der Waals surface area contributed by atoms with Crippen molar-refractivity contribution in [3.05, 3.63) is 90.0 Å². The van der Waals surface area contributed by atoms with Crippen molar-refractivity contribution >= 4 is 23.2 Å². The SMILES string of the molecule is COc1ccccc1[C@@H]1[C@H]2C(=O)N(c3cccc(C)c3)C(=O)[C@@H]2ON1c1ccccc1. The van der Waals surface area contributed by atoms with E-state index >= 15 is 0 Å². The molecular formula is C25H22N2O4. The lowest BCUT2D eigenvalue weighted by atomic mass is 9.90. The monoisotopic (exact) mass is 414 g/mol. The number of hydrogen-bond donors (Lipinski definition) is 0. The second-order valence-corrected chi connectivity index (χ2v) is 7.75. The zero-order valence-electron chi connectivity index (χ0n) is 17.3. The lowest BCUT2D eigenvalue weighted by Crippen LogP contribution is -2.37. The van der Waals surface area contributed by atoms with Crippen LogP contribution in [0.5, 0.6) is 5.75 Å². The van der Waals surface area contributed by atoms with Crippen molar-refractivity contribution in [3.8, 4) is 5.75 Å². The van der Waals surface area contributed by atoms with Crippen molar-refractivity contribution < 1.29 is 19.2 Å². The van der Waals surface area contributed by atoms with Gasteiger partial charge in [0.05, 0.1) is 24.5 Å². The van der Waals surface area contributed by atoms with Crippen molar-refractivity contribution in [2.45, 2.75) is 19.1 Å². The maximum Gasteiger partial charge on any atom is 0.266 e. The molecule has 0 aliphatic carbocycles. The molecule has 5 rings (SSSR count). The number of rotatable bonds is 4. The summed E-state index contributed by atoms with van der Waals surface area (Å²) in [5.41, 5.74) is 3.12. The fourth-order valence-electron chi connectivity index (χ4n) is 4.46. The van der Waals surface area contributed by atoms with E-state index in [0.717, 1.165) is 16.8 Å². The molecule has 0 bridgehead atoms. The van der Waals surface area contributed by atoms with Crippen molar-refractivity contribution in [1.29, 1.82) is 0 Å². The van der Waals surface area contributed by atoms with E-state index < -0.39 is 18.1 Å². The van der Waals surface area contributed by atoms with E-state index in [1.165, 1.54) is 4.90 Å². The first-order chi connectivity index (χ1) is 15.1. The van der Waals surface area contributed by atoms with E-state index in [0.29, 0.717) is 11.4 Å². The molecule has 0 saturated carbocycles. The molecule has 0 spiro atoms. The third kappa shape index (κ3) is 3.07. The quantitative estimate of drug-likeness (QED) is 0.603. The largest absolute Gasteiger partial charge is 0.496 e. The molecular weight excluding hydrogens is 392 g/mol. The summed E-state index contributed by atoms with van der Waals surface area (Å²) in [6.07, 6.45) is -0.900. The normalized spacial score (nSPS) is 22.7. The van der Waals surface area contributed by atoms with Gasteiger partial charge in [-0.05, 0) is 42.8 Å². The predicted molar refractivity (Wildman–Crippen MR) is 117 cm³/mol. The van der Waals surface area contributed by atoms with E-state index in [9.17, 15) is 9.59 Å². The van der Waals surface area contributed by atoms with Gasteiger partial charge in [0.15, 0.2) is 6.10 Å². The molecule has 6 nitrogen and oxygen atoms in total. The van der Waals surface area contributed by atoms with E-state index in [2.05, 4.69) is 0 Å². The molecule has 2 aliphatic rings. The highest BCUT2D eigenvalue weighted by Crippen LogP contribution is 2.49. The van der Waals surface area contributed by atoms with Crippen molar-refractivity contribution in [2.24, 2.45) is 5.92 Å². The summed E-state index contributed by atoms with van der Waals surface area (Å²) in [4.78, 5) is 34.4. The van der Waals surface area contributed by atoms with Crippen LogP contribution in [0.25, 0.3) is 0 Å². The Bertz CT molecular complexity index is 1150. The van der Waals surface area contributed by atoms with Gasteiger partial charge in [-0.1, -0.05) is 48.5 Å². The Morgan fingerprint density at radius 3 is 2.29 bits per heavy atom. The smallest absolute Gasteiger partial charge is 0.266 e. The first kappa shape index (κ1) is 19.3. The highest BCUT2D eigenvalue weighted by atomic mass is 16.7. The first-order valence-electron chi connectivity index (χ1n) is 10.2. The minimum Gasteiger partial charge on any atom is -0.496 e. The lowest BCUT2D eigenvalue weighted by Gasteiger charge is -2.29. The second kappa shape index (κ2) is 7.56. The van der Waals surface area contributed by atoms with Crippen LogP contribution in [-0.2, 0) is 14.4 Å². The molecule has 2 saturated heterocycles. The molecule has 2 aliphatic heterocycles. The summed E-state index contributed by atoms with van der Waals surface area (Å²) in [7, 11) is 1.60. The summed E-state index contributed by atoms with van der Waals surface area (Å²) in [5, 5.41) is 1.68. The molecule has 0 N–H and O–H groups in total. The zero-order chi connectivity index (χ0) is 21.5. The highest BCUT2D eigenvalue weighted by molar-refractivity contribution is 6.24. The van der Waals surface area contributed by atoms with Gasteiger partial charge in [-0.25, -0.2) is 9.96 Å². The fourth-order valence-corrected chi connectivity index (χ4v) is 4.46. The van der Waals surface area contributed by atoms with Gasteiger partial charge >= 0.3 is 0 Å². The summed E-state index contributed by atoms with van der Waals surface area (Å²) in [6, 6.07) is 23.9. The van der Waals surface area contributed by atoms with Crippen molar-refractivity contribution in [3.63, 3.8) is 0 Å². The van der Waals surface area contributed by atoms with Gasteiger partial charge in [0, 0.05) is 5.56 Å². The number of carbonyl (C=O) groups is 2. The first-order valence-corrected chi connectivity index (χ1v) is 10.2. The number of hydrogen-bond acceptors (Lipinski definition) is 5. The van der Waals surface area contributed by atoms with Crippen LogP contribution in [0.15, 0.2) is 78.9 Å². The number of carbonyl (C=O) groups excluding carboxylic acids is 2. The van der Waals surface area contributed by atoms with E-state index in [4.69, 9.17) is 9.57 Å². The average Bonchev–Trinajstić information content (AvgIpc) is 3.30. The molecule has 156 valence electrons. The molecule has 2 heterocycles. The van der Waals surface area contributed by atoms with Crippen molar-refractivity contribution in [1.82, 2.24) is 0 Å². The topological polar surface area (TPSA) is 59.1 Å². The number of anilines is 2. The number of para-hydroxylation sites is 2. The Kier molecular flexibility index (Phi) is 4.71. The standard InChI is InChI=1S/C25H22N2O4/c1-16-9-8-12-18(15-16)26-24(28)21-22(19-13-6-7-14-20(19)30-2)27(31-23(21)25(26)29)17-10-4-3-5-11-17/h3-15,21-23H,1-2H3/t21-,22-,23-/m1/s1. The van der Waals surface area contributed by atoms with E-state index in [1.54, 1.807) is 18.2 Å². The van der Waals surface area contributed by atoms with Gasteiger partial charge in [0.1, 0.15) is 11.7 Å². The maximum absolute atomic E-state index is 13.6. The van der Waals surface area contributed by atoms with Crippen LogP contribution in [0.3, 0.4) is 0 Å². The van der Waals surface area contributed by atoms with Gasteiger partial charge in [0.25, 0.3) is 5.91 Å². The minimum absolute atomic E-state index is 0.269. The highest BCUT2D eigenvalue weighted by Gasteiger charge is 2.60. The molecule has 0 radical (unpaired) electrons. The number of imide groups is 1. The summed E-state index contributed by atoms with van der Waals surface area (Å²) in [5.74, 6) is -0.662. The molecule has 0 unspecified atom stereocenters. The Balaban J connectivity index is 1.62. The second-order valence-electron chi connectivity index (χ2n) is 7.75. The number of nitrogens with zero attached hydrogens (tertiary/aromatic N) is 2. The Hall–Kier alpha value is -3.64. The van der Waals surface area contributed by atoms with Crippen LogP contribution in [0.2, 0.25) is 0 Å². The fraction of sp³-hybridized carbons (Fsp3) is 0.200. The van der Waals surface area contributed by atoms with Crippen LogP contribution in [-0.4, -0.2) is 25.0 Å². The zero-order valence-corrected chi connectivity index (χ0v) is 17.3. The van der Waals surface area contributed by atoms with Crippen LogP contribution >= 0.6 is 0 Å². The van der Waals surface area contributed by atoms with E-state index in [-0.39, 0.29) is 11.8 Å². The molecule has 3 aromatic carbocycles. The maximum atomic E-state index is 13.6. The predicted octanol–water partition coefficient (Wildman–Crippen LogP) is 4.05. The average molecular weight is 414 g/mol. The Morgan fingerprint density at radius 1 is 0.839 bits per heavy atom. The number of fused-ring (bicyclic) bond motifs is 1. The molecule has 3 aromatic rings. The number of aryl methyl sites for hydroxylation is 1. The molecule has 3 atom stereocenters. The third-order valence-electron chi connectivity index (χ3n) is 5.84. The molecule has 2 amide bonds. The van der Waals surface area contributed by atoms with E-state index in [1.807, 2.05) is 79.7 Å². The Labute approximate surface area is 180 Å². The molecule has 31 heavy (non-hydrogen) atoms. The number of benzene rings is 3. The number of ether oxygens (including phenoxy) is 1. The van der Waals surface area contributed by atoms with Crippen LogP contribution in [0.1, 0.15) is 17.2 Å². The molecule has 6 heteroatoms. The van der Waals surface area contributed by atoms with Crippen LogP contribution < -0.4 is 14.7 Å². The van der Waals surface area contributed by atoms with Gasteiger partial charge in [0.2, 0.25) is 5.91 Å². The molecule has 0 aromatic heterocycles. The summed E-state index contributed by atoms with van der Waals surface area (Å²) >= 11 is 0. The minimum atomic E-state index is -0.900. The summed E-state index contributed by atoms with van der Waals surface area (Å²) in [6.45, 7) is 1.93.